The molecular weight excluding hydrogens is 368 g/mol. The van der Waals surface area contributed by atoms with E-state index >= 15 is 0 Å². The number of hydrogen-bond donors (Lipinski definition) is 2. The Morgan fingerprint density at radius 2 is 1.76 bits per heavy atom. The van der Waals surface area contributed by atoms with Gasteiger partial charge < -0.3 is 5.32 Å². The van der Waals surface area contributed by atoms with Crippen LogP contribution in [0.25, 0.3) is 0 Å². The molecule has 1 heterocycles. The number of nitrogens with zero attached hydrogens (tertiary/aromatic N) is 2. The Kier molecular flexibility index (Phi) is 4.98. The van der Waals surface area contributed by atoms with Gasteiger partial charge in [-0.25, -0.2) is 10.2 Å². The van der Waals surface area contributed by atoms with Gasteiger partial charge in [-0.05, 0) is 43.4 Å². The molecule has 4 fully saturated rings. The van der Waals surface area contributed by atoms with Crippen molar-refractivity contribution in [2.24, 2.45) is 21.8 Å². The number of carbonyl (C=O) groups is 3. The molecule has 3 saturated carbocycles. The van der Waals surface area contributed by atoms with E-state index in [1.807, 2.05) is 0 Å². The highest BCUT2D eigenvalue weighted by Crippen LogP contribution is 2.63. The summed E-state index contributed by atoms with van der Waals surface area (Å²) >= 11 is 0. The predicted molar refractivity (Wildman–Crippen MR) is 110 cm³/mol. The van der Waals surface area contributed by atoms with E-state index in [9.17, 15) is 14.4 Å². The number of imide groups is 1. The van der Waals surface area contributed by atoms with Crippen molar-refractivity contribution in [3.05, 3.63) is 0 Å². The quantitative estimate of drug-likeness (QED) is 0.560. The molecule has 0 aromatic carbocycles. The SMILES string of the molecule is CC1(C)[C@H]2CC[C@]1(C)C(=NNC(=O)CN1C(=O)NC3(CCCCCCC3)C1=O)C2. The van der Waals surface area contributed by atoms with E-state index in [1.54, 1.807) is 0 Å². The fourth-order valence-corrected chi connectivity index (χ4v) is 6.07. The van der Waals surface area contributed by atoms with E-state index in [0.29, 0.717) is 18.8 Å². The molecule has 2 atom stereocenters. The Labute approximate surface area is 173 Å². The van der Waals surface area contributed by atoms with Gasteiger partial charge in [0.05, 0.1) is 0 Å². The molecule has 3 aliphatic carbocycles. The Morgan fingerprint density at radius 1 is 1.10 bits per heavy atom. The van der Waals surface area contributed by atoms with Crippen LogP contribution in [0, 0.1) is 16.7 Å². The topological polar surface area (TPSA) is 90.9 Å². The van der Waals surface area contributed by atoms with E-state index in [1.165, 1.54) is 12.8 Å². The van der Waals surface area contributed by atoms with Gasteiger partial charge in [0.25, 0.3) is 11.8 Å². The molecule has 7 nitrogen and oxygen atoms in total. The fraction of sp³-hybridized carbons (Fsp3) is 0.818. The first-order valence-corrected chi connectivity index (χ1v) is 11.2. The number of fused-ring (bicyclic) bond motifs is 2. The highest BCUT2D eigenvalue weighted by molar-refractivity contribution is 6.09. The molecule has 1 spiro atoms. The van der Waals surface area contributed by atoms with Crippen LogP contribution in [0.5, 0.6) is 0 Å². The standard InChI is InChI=1S/C22H34N4O3/c1-20(2)15-9-12-21(20,3)16(13-15)24-25-17(27)14-26-18(28)22(23-19(26)29)10-7-5-4-6-8-11-22/h15H,4-14H2,1-3H3,(H,23,29)(H,25,27)/t15-,21+/m0/s1. The number of hydrazone groups is 1. The minimum atomic E-state index is -0.814. The fourth-order valence-electron chi connectivity index (χ4n) is 6.07. The van der Waals surface area contributed by atoms with Crippen LogP contribution in [-0.2, 0) is 9.59 Å². The van der Waals surface area contributed by atoms with E-state index in [4.69, 9.17) is 0 Å². The smallest absolute Gasteiger partial charge is 0.323 e. The lowest BCUT2D eigenvalue weighted by atomic mass is 9.70. The third-order valence-electron chi connectivity index (χ3n) is 8.58. The van der Waals surface area contributed by atoms with Gasteiger partial charge in [0.1, 0.15) is 12.1 Å². The van der Waals surface area contributed by atoms with Gasteiger partial charge in [0.2, 0.25) is 0 Å². The van der Waals surface area contributed by atoms with Gasteiger partial charge >= 0.3 is 6.03 Å². The van der Waals surface area contributed by atoms with Crippen LogP contribution in [-0.4, -0.2) is 40.5 Å². The van der Waals surface area contributed by atoms with E-state index in [2.05, 4.69) is 36.6 Å². The van der Waals surface area contributed by atoms with Crippen molar-refractivity contribution < 1.29 is 14.4 Å². The van der Waals surface area contributed by atoms with Gasteiger partial charge in [-0.1, -0.05) is 52.9 Å². The number of nitrogens with one attached hydrogen (secondary N) is 2. The first kappa shape index (κ1) is 20.4. The summed E-state index contributed by atoms with van der Waals surface area (Å²) in [6.07, 6.45) is 9.73. The molecule has 4 rings (SSSR count). The largest absolute Gasteiger partial charge is 0.325 e. The zero-order valence-electron chi connectivity index (χ0n) is 18.0. The van der Waals surface area contributed by atoms with Crippen LogP contribution in [0.1, 0.15) is 85.0 Å². The van der Waals surface area contributed by atoms with Crippen molar-refractivity contribution in [1.82, 2.24) is 15.6 Å². The lowest BCUT2D eigenvalue weighted by Gasteiger charge is -2.34. The Balaban J connectivity index is 1.40. The highest BCUT2D eigenvalue weighted by Gasteiger charge is 2.60. The van der Waals surface area contributed by atoms with E-state index in [-0.39, 0.29) is 23.3 Å². The molecule has 2 bridgehead atoms. The van der Waals surface area contributed by atoms with Crippen LogP contribution in [0.4, 0.5) is 4.79 Å². The Hall–Kier alpha value is -1.92. The molecule has 0 aromatic rings. The maximum absolute atomic E-state index is 13.0. The normalized spacial score (nSPS) is 34.4. The van der Waals surface area contributed by atoms with Crippen LogP contribution in [0.2, 0.25) is 0 Å². The van der Waals surface area contributed by atoms with Gasteiger partial charge in [-0.2, -0.15) is 5.10 Å². The van der Waals surface area contributed by atoms with Crippen molar-refractivity contribution in [2.75, 3.05) is 6.54 Å². The van der Waals surface area contributed by atoms with Crippen LogP contribution >= 0.6 is 0 Å². The highest BCUT2D eigenvalue weighted by atomic mass is 16.2. The van der Waals surface area contributed by atoms with Crippen molar-refractivity contribution in [2.45, 2.75) is 90.5 Å². The summed E-state index contributed by atoms with van der Waals surface area (Å²) in [6.45, 7) is 6.54. The molecule has 1 aliphatic heterocycles. The third-order valence-corrected chi connectivity index (χ3v) is 8.58. The van der Waals surface area contributed by atoms with Crippen LogP contribution in [0.15, 0.2) is 5.10 Å². The lowest BCUT2D eigenvalue weighted by molar-refractivity contribution is -0.135. The first-order chi connectivity index (χ1) is 13.7. The maximum atomic E-state index is 13.0. The molecular formula is C22H34N4O3. The zero-order chi connectivity index (χ0) is 20.9. The van der Waals surface area contributed by atoms with Gasteiger partial charge in [0, 0.05) is 11.1 Å². The van der Waals surface area contributed by atoms with Gasteiger partial charge in [0.15, 0.2) is 0 Å². The maximum Gasteiger partial charge on any atom is 0.325 e. The molecule has 160 valence electrons. The van der Waals surface area contributed by atoms with Crippen molar-refractivity contribution in [3.8, 4) is 0 Å². The van der Waals surface area contributed by atoms with Crippen molar-refractivity contribution in [1.29, 1.82) is 0 Å². The third kappa shape index (κ3) is 3.17. The minimum Gasteiger partial charge on any atom is -0.323 e. The number of rotatable bonds is 3. The molecule has 29 heavy (non-hydrogen) atoms. The van der Waals surface area contributed by atoms with Crippen LogP contribution in [0.3, 0.4) is 0 Å². The second-order valence-electron chi connectivity index (χ2n) is 10.3. The molecule has 1 saturated heterocycles. The lowest BCUT2D eigenvalue weighted by Crippen LogP contribution is -2.48. The average Bonchev–Trinajstić information content (AvgIpc) is 3.10. The number of hydrogen-bond acceptors (Lipinski definition) is 4. The second kappa shape index (κ2) is 7.10. The number of urea groups is 1. The van der Waals surface area contributed by atoms with E-state index in [0.717, 1.165) is 49.1 Å². The van der Waals surface area contributed by atoms with E-state index < -0.39 is 17.5 Å². The summed E-state index contributed by atoms with van der Waals surface area (Å²) in [4.78, 5) is 39.1. The Bertz CT molecular complexity index is 751. The molecule has 4 aliphatic rings. The molecule has 0 unspecified atom stereocenters. The predicted octanol–water partition coefficient (Wildman–Crippen LogP) is 3.34. The van der Waals surface area contributed by atoms with Gasteiger partial charge in [-0.3, -0.25) is 14.5 Å². The first-order valence-electron chi connectivity index (χ1n) is 11.2. The molecule has 4 amide bonds. The van der Waals surface area contributed by atoms with Crippen molar-refractivity contribution >= 4 is 23.6 Å². The zero-order valence-corrected chi connectivity index (χ0v) is 18.0. The number of carbonyl (C=O) groups excluding carboxylic acids is 3. The monoisotopic (exact) mass is 402 g/mol. The summed E-state index contributed by atoms with van der Waals surface area (Å²) in [5, 5.41) is 7.34. The van der Waals surface area contributed by atoms with Gasteiger partial charge in [-0.15, -0.1) is 0 Å². The molecule has 0 aromatic heterocycles. The summed E-state index contributed by atoms with van der Waals surface area (Å²) in [5.41, 5.74) is 3.05. The molecule has 7 heteroatoms. The minimum absolute atomic E-state index is 0.00863. The summed E-state index contributed by atoms with van der Waals surface area (Å²) in [7, 11) is 0. The average molecular weight is 403 g/mol. The number of amides is 4. The second-order valence-corrected chi connectivity index (χ2v) is 10.3. The molecule has 0 radical (unpaired) electrons. The Morgan fingerprint density at radius 3 is 2.34 bits per heavy atom. The molecule has 2 N–H and O–H groups in total. The summed E-state index contributed by atoms with van der Waals surface area (Å²) in [6, 6.07) is -0.452. The van der Waals surface area contributed by atoms with Crippen LogP contribution < -0.4 is 10.7 Å². The van der Waals surface area contributed by atoms with Crippen molar-refractivity contribution in [3.63, 3.8) is 0 Å². The summed E-state index contributed by atoms with van der Waals surface area (Å²) in [5.74, 6) is -0.0541. The summed E-state index contributed by atoms with van der Waals surface area (Å²) < 4.78 is 0.